The third kappa shape index (κ3) is 3.45. The van der Waals surface area contributed by atoms with Crippen LogP contribution >= 0.6 is 32.9 Å². The molecular weight excluding hydrogens is 406 g/mol. The van der Waals surface area contributed by atoms with Crippen molar-refractivity contribution in [3.05, 3.63) is 77.0 Å². The summed E-state index contributed by atoms with van der Waals surface area (Å²) in [6, 6.07) is 17.6. The van der Waals surface area contributed by atoms with Gasteiger partial charge in [0.05, 0.1) is 4.47 Å². The second kappa shape index (κ2) is 7.16. The van der Waals surface area contributed by atoms with Crippen molar-refractivity contribution in [2.75, 3.05) is 0 Å². The van der Waals surface area contributed by atoms with E-state index in [2.05, 4.69) is 22.0 Å². The molecule has 2 nitrogen and oxygen atoms in total. The fourth-order valence-electron chi connectivity index (χ4n) is 2.42. The molecule has 0 aliphatic rings. The summed E-state index contributed by atoms with van der Waals surface area (Å²) >= 11 is 3.44. The minimum absolute atomic E-state index is 0. The molecule has 3 rings (SSSR count). The SMILES string of the molecule is Br.CC(C(=O)c1ccc2ccccc2c1)[n+]1cccc(Br)c1. The Hall–Kier alpha value is -1.52. The second-order valence-electron chi connectivity index (χ2n) is 5.07. The maximum atomic E-state index is 12.7. The van der Waals surface area contributed by atoms with Crippen LogP contribution in [-0.4, -0.2) is 5.78 Å². The number of carbonyl (C=O) groups is 1. The van der Waals surface area contributed by atoms with Gasteiger partial charge in [0.25, 0.3) is 0 Å². The number of halogens is 2. The van der Waals surface area contributed by atoms with Gasteiger partial charge in [-0.1, -0.05) is 36.4 Å². The lowest BCUT2D eigenvalue weighted by atomic mass is 10.0. The van der Waals surface area contributed by atoms with E-state index in [4.69, 9.17) is 0 Å². The van der Waals surface area contributed by atoms with Crippen LogP contribution < -0.4 is 4.57 Å². The van der Waals surface area contributed by atoms with E-state index in [0.29, 0.717) is 0 Å². The smallest absolute Gasteiger partial charge is 0.230 e. The summed E-state index contributed by atoms with van der Waals surface area (Å²) in [5.41, 5.74) is 0.744. The molecule has 0 aliphatic carbocycles. The molecule has 0 bridgehead atoms. The number of pyridine rings is 1. The van der Waals surface area contributed by atoms with Crippen LogP contribution in [-0.2, 0) is 0 Å². The van der Waals surface area contributed by atoms with Crippen molar-refractivity contribution in [3.63, 3.8) is 0 Å². The molecule has 1 unspecified atom stereocenters. The van der Waals surface area contributed by atoms with E-state index < -0.39 is 0 Å². The summed E-state index contributed by atoms with van der Waals surface area (Å²) in [7, 11) is 0. The Morgan fingerprint density at radius 2 is 1.77 bits per heavy atom. The van der Waals surface area contributed by atoms with Crippen molar-refractivity contribution in [2.24, 2.45) is 0 Å². The van der Waals surface area contributed by atoms with Crippen molar-refractivity contribution < 1.29 is 9.36 Å². The number of rotatable bonds is 3. The fraction of sp³-hybridized carbons (Fsp3) is 0.111. The Kier molecular flexibility index (Phi) is 5.48. The molecule has 0 amide bonds. The fourth-order valence-corrected chi connectivity index (χ4v) is 2.81. The van der Waals surface area contributed by atoms with E-state index in [1.54, 1.807) is 0 Å². The van der Waals surface area contributed by atoms with Crippen LogP contribution in [0.5, 0.6) is 0 Å². The molecule has 0 saturated carbocycles. The first-order chi connectivity index (χ1) is 10.1. The molecule has 0 fully saturated rings. The molecule has 0 N–H and O–H groups in total. The zero-order valence-corrected chi connectivity index (χ0v) is 15.4. The summed E-state index contributed by atoms with van der Waals surface area (Å²) in [5, 5.41) is 2.24. The highest BCUT2D eigenvalue weighted by Crippen LogP contribution is 2.18. The summed E-state index contributed by atoms with van der Waals surface area (Å²) in [4.78, 5) is 12.7. The summed E-state index contributed by atoms with van der Waals surface area (Å²) < 4.78 is 2.88. The Bertz CT molecular complexity index is 817. The molecule has 3 aromatic rings. The Morgan fingerprint density at radius 1 is 1.05 bits per heavy atom. The molecule has 112 valence electrons. The van der Waals surface area contributed by atoms with E-state index in [1.165, 1.54) is 0 Å². The second-order valence-corrected chi connectivity index (χ2v) is 5.99. The van der Waals surface area contributed by atoms with Crippen LogP contribution in [0.15, 0.2) is 71.5 Å². The first kappa shape index (κ1) is 16.8. The third-order valence-electron chi connectivity index (χ3n) is 3.65. The molecule has 1 heterocycles. The van der Waals surface area contributed by atoms with Gasteiger partial charge >= 0.3 is 0 Å². The van der Waals surface area contributed by atoms with Crippen molar-refractivity contribution in [3.8, 4) is 0 Å². The van der Waals surface area contributed by atoms with Crippen molar-refractivity contribution in [1.82, 2.24) is 0 Å². The molecule has 0 aliphatic heterocycles. The van der Waals surface area contributed by atoms with Gasteiger partial charge in [-0.3, -0.25) is 4.79 Å². The number of ketones is 1. The predicted molar refractivity (Wildman–Crippen MR) is 97.6 cm³/mol. The van der Waals surface area contributed by atoms with Gasteiger partial charge in [-0.2, -0.15) is 4.57 Å². The van der Waals surface area contributed by atoms with Crippen molar-refractivity contribution in [2.45, 2.75) is 13.0 Å². The predicted octanol–water partition coefficient (Wildman–Crippen LogP) is 4.91. The van der Waals surface area contributed by atoms with Gasteiger partial charge in [0.1, 0.15) is 0 Å². The highest BCUT2D eigenvalue weighted by molar-refractivity contribution is 9.10. The van der Waals surface area contributed by atoms with E-state index in [1.807, 2.05) is 72.4 Å². The van der Waals surface area contributed by atoms with Gasteiger partial charge in [0.2, 0.25) is 11.8 Å². The van der Waals surface area contributed by atoms with Gasteiger partial charge in [-0.05, 0) is 38.8 Å². The minimum Gasteiger partial charge on any atom is -0.287 e. The summed E-state index contributed by atoms with van der Waals surface area (Å²) in [6.45, 7) is 1.92. The molecule has 1 aromatic heterocycles. The van der Waals surface area contributed by atoms with Gasteiger partial charge < -0.3 is 0 Å². The Morgan fingerprint density at radius 3 is 2.50 bits per heavy atom. The van der Waals surface area contributed by atoms with Crippen LogP contribution in [0, 0.1) is 0 Å². The number of benzene rings is 2. The van der Waals surface area contributed by atoms with Crippen LogP contribution in [0.4, 0.5) is 0 Å². The molecular formula is C18H16Br2NO+. The topological polar surface area (TPSA) is 20.9 Å². The average molecular weight is 422 g/mol. The lowest BCUT2D eigenvalue weighted by Crippen LogP contribution is -2.41. The molecule has 2 aromatic carbocycles. The van der Waals surface area contributed by atoms with E-state index in [9.17, 15) is 4.79 Å². The zero-order valence-electron chi connectivity index (χ0n) is 12.1. The van der Waals surface area contributed by atoms with Crippen LogP contribution in [0.1, 0.15) is 23.3 Å². The van der Waals surface area contributed by atoms with Crippen LogP contribution in [0.3, 0.4) is 0 Å². The van der Waals surface area contributed by atoms with Gasteiger partial charge in [0.15, 0.2) is 12.4 Å². The molecule has 4 heteroatoms. The lowest BCUT2D eigenvalue weighted by molar-refractivity contribution is -0.705. The Balaban J connectivity index is 0.00000176. The Labute approximate surface area is 148 Å². The van der Waals surface area contributed by atoms with Crippen molar-refractivity contribution in [1.29, 1.82) is 0 Å². The standard InChI is InChI=1S/C18H15BrNO.BrH/c1-13(20-10-4-7-17(19)12-20)18(21)16-9-8-14-5-2-3-6-15(14)11-16;/h2-13H,1H3;1H/q+1;. The quantitative estimate of drug-likeness (QED) is 0.434. The number of hydrogen-bond donors (Lipinski definition) is 0. The molecule has 0 saturated heterocycles. The van der Waals surface area contributed by atoms with E-state index in [0.717, 1.165) is 20.8 Å². The van der Waals surface area contributed by atoms with Gasteiger partial charge in [-0.15, -0.1) is 17.0 Å². The molecule has 0 radical (unpaired) electrons. The normalized spacial score (nSPS) is 11.7. The average Bonchev–Trinajstić information content (AvgIpc) is 2.53. The van der Waals surface area contributed by atoms with Gasteiger partial charge in [0, 0.05) is 18.6 Å². The lowest BCUT2D eigenvalue weighted by Gasteiger charge is -2.07. The van der Waals surface area contributed by atoms with Gasteiger partial charge in [-0.25, -0.2) is 0 Å². The summed E-state index contributed by atoms with van der Waals surface area (Å²) in [5.74, 6) is 0.115. The molecule has 1 atom stereocenters. The number of hydrogen-bond acceptors (Lipinski definition) is 1. The van der Waals surface area contributed by atoms with E-state index in [-0.39, 0.29) is 28.8 Å². The third-order valence-corrected chi connectivity index (χ3v) is 4.12. The first-order valence-electron chi connectivity index (χ1n) is 6.84. The molecule has 22 heavy (non-hydrogen) atoms. The highest BCUT2D eigenvalue weighted by atomic mass is 79.9. The monoisotopic (exact) mass is 420 g/mol. The van der Waals surface area contributed by atoms with Crippen molar-refractivity contribution >= 4 is 49.5 Å². The maximum Gasteiger partial charge on any atom is 0.230 e. The zero-order chi connectivity index (χ0) is 14.8. The highest BCUT2D eigenvalue weighted by Gasteiger charge is 2.23. The maximum absolute atomic E-state index is 12.7. The minimum atomic E-state index is -0.233. The summed E-state index contributed by atoms with van der Waals surface area (Å²) in [6.07, 6.45) is 3.83. The number of carbonyl (C=O) groups excluding carboxylic acids is 1. The van der Waals surface area contributed by atoms with Crippen LogP contribution in [0.2, 0.25) is 0 Å². The van der Waals surface area contributed by atoms with E-state index >= 15 is 0 Å². The largest absolute Gasteiger partial charge is 0.287 e. The first-order valence-corrected chi connectivity index (χ1v) is 7.64. The number of aromatic nitrogens is 1. The number of Topliss-reactive ketones (excluding diaryl/α,β-unsaturated/α-hetero) is 1. The number of nitrogens with zero attached hydrogens (tertiary/aromatic N) is 1. The number of fused-ring (bicyclic) bond motifs is 1. The van der Waals surface area contributed by atoms with Crippen LogP contribution in [0.25, 0.3) is 10.8 Å². The molecule has 0 spiro atoms.